The minimum atomic E-state index is -4.32. The zero-order chi connectivity index (χ0) is 13.9. The van der Waals surface area contributed by atoms with Gasteiger partial charge in [-0.25, -0.2) is 0 Å². The maximum atomic E-state index is 11.9. The summed E-state index contributed by atoms with van der Waals surface area (Å²) in [4.78, 5) is 13.6. The van der Waals surface area contributed by atoms with Crippen LogP contribution in [0.3, 0.4) is 0 Å². The summed E-state index contributed by atoms with van der Waals surface area (Å²) in [6.07, 6.45) is -1.16. The predicted octanol–water partition coefficient (Wildman–Crippen LogP) is 1.31. The first-order valence-electron chi connectivity index (χ1n) is 6.62. The third-order valence-electron chi connectivity index (χ3n) is 3.60. The van der Waals surface area contributed by atoms with Crippen LogP contribution in [0.25, 0.3) is 0 Å². The number of hydrogen-bond acceptors (Lipinski definition) is 3. The number of halogens is 3. The normalized spacial score (nSPS) is 27.4. The minimum absolute atomic E-state index is 0.0213. The van der Waals surface area contributed by atoms with Gasteiger partial charge < -0.3 is 15.0 Å². The molecule has 2 aliphatic heterocycles. The molecule has 19 heavy (non-hydrogen) atoms. The fourth-order valence-electron chi connectivity index (χ4n) is 2.68. The average molecular weight is 280 g/mol. The molecule has 0 aromatic rings. The van der Waals surface area contributed by atoms with Crippen molar-refractivity contribution in [2.24, 2.45) is 0 Å². The van der Waals surface area contributed by atoms with Crippen molar-refractivity contribution >= 4 is 5.91 Å². The smallest absolute Gasteiger partial charge is 0.372 e. The van der Waals surface area contributed by atoms with Gasteiger partial charge in [-0.05, 0) is 19.3 Å². The number of carbonyl (C=O) groups is 1. The lowest BCUT2D eigenvalue weighted by Gasteiger charge is -2.24. The SMILES string of the molecule is O=C(CCOCC(F)(F)F)N1CCC2CCC(C1)N2. The van der Waals surface area contributed by atoms with Crippen LogP contribution in [-0.4, -0.2) is 55.4 Å². The lowest BCUT2D eigenvalue weighted by molar-refractivity contribution is -0.175. The van der Waals surface area contributed by atoms with Gasteiger partial charge in [0.25, 0.3) is 0 Å². The van der Waals surface area contributed by atoms with Crippen LogP contribution in [0, 0.1) is 0 Å². The van der Waals surface area contributed by atoms with Crippen LogP contribution in [0.1, 0.15) is 25.7 Å². The zero-order valence-electron chi connectivity index (χ0n) is 10.7. The standard InChI is InChI=1S/C12H19F3N2O2/c13-12(14,15)8-19-6-4-11(18)17-5-3-9-1-2-10(7-17)16-9/h9-10,16H,1-8H2. The van der Waals surface area contributed by atoms with E-state index < -0.39 is 12.8 Å². The summed E-state index contributed by atoms with van der Waals surface area (Å²) in [7, 11) is 0. The number of amides is 1. The molecule has 110 valence electrons. The van der Waals surface area contributed by atoms with Gasteiger partial charge in [0.1, 0.15) is 6.61 Å². The zero-order valence-corrected chi connectivity index (χ0v) is 10.7. The molecule has 7 heteroatoms. The number of carbonyl (C=O) groups excluding carboxylic acids is 1. The van der Waals surface area contributed by atoms with Gasteiger partial charge in [0.05, 0.1) is 13.0 Å². The Balaban J connectivity index is 1.68. The van der Waals surface area contributed by atoms with Gasteiger partial charge in [0.2, 0.25) is 5.91 Å². The molecule has 0 aromatic carbocycles. The molecule has 2 rings (SSSR count). The molecule has 0 saturated carbocycles. The summed E-state index contributed by atoms with van der Waals surface area (Å²) in [6, 6.07) is 0.830. The Labute approximate surface area is 110 Å². The molecule has 0 aromatic heterocycles. The van der Waals surface area contributed by atoms with Crippen molar-refractivity contribution in [3.8, 4) is 0 Å². The number of likely N-dealkylation sites (tertiary alicyclic amines) is 1. The summed E-state index contributed by atoms with van der Waals surface area (Å²) in [6.45, 7) is -0.107. The fraction of sp³-hybridized carbons (Fsp3) is 0.917. The Hall–Kier alpha value is -0.820. The first-order chi connectivity index (χ1) is 8.94. The van der Waals surface area contributed by atoms with E-state index in [1.54, 1.807) is 4.90 Å². The second kappa shape index (κ2) is 6.09. The van der Waals surface area contributed by atoms with E-state index in [0.717, 1.165) is 19.3 Å². The van der Waals surface area contributed by atoms with Gasteiger partial charge in [-0.3, -0.25) is 4.79 Å². The van der Waals surface area contributed by atoms with Crippen molar-refractivity contribution in [3.63, 3.8) is 0 Å². The lowest BCUT2D eigenvalue weighted by atomic mass is 10.1. The van der Waals surface area contributed by atoms with Crippen molar-refractivity contribution in [1.29, 1.82) is 0 Å². The molecule has 2 atom stereocenters. The highest BCUT2D eigenvalue weighted by molar-refractivity contribution is 5.76. The number of fused-ring (bicyclic) bond motifs is 2. The highest BCUT2D eigenvalue weighted by Gasteiger charge is 2.31. The molecule has 2 saturated heterocycles. The Morgan fingerprint density at radius 3 is 2.74 bits per heavy atom. The molecular formula is C12H19F3N2O2. The Kier molecular flexibility index (Phi) is 4.67. The molecule has 0 aliphatic carbocycles. The Morgan fingerprint density at radius 2 is 2.00 bits per heavy atom. The number of nitrogens with one attached hydrogen (secondary N) is 1. The van der Waals surface area contributed by atoms with Crippen LogP contribution in [-0.2, 0) is 9.53 Å². The average Bonchev–Trinajstić information content (AvgIpc) is 2.63. The van der Waals surface area contributed by atoms with E-state index in [9.17, 15) is 18.0 Å². The van der Waals surface area contributed by atoms with Crippen molar-refractivity contribution in [3.05, 3.63) is 0 Å². The molecule has 2 bridgehead atoms. The summed E-state index contributed by atoms with van der Waals surface area (Å²) < 4.78 is 40.0. The van der Waals surface area contributed by atoms with Crippen LogP contribution < -0.4 is 5.32 Å². The van der Waals surface area contributed by atoms with Gasteiger partial charge in [-0.1, -0.05) is 0 Å². The largest absolute Gasteiger partial charge is 0.411 e. The predicted molar refractivity (Wildman–Crippen MR) is 62.6 cm³/mol. The highest BCUT2D eigenvalue weighted by atomic mass is 19.4. The molecular weight excluding hydrogens is 261 g/mol. The number of nitrogens with zero attached hydrogens (tertiary/aromatic N) is 1. The summed E-state index contributed by atoms with van der Waals surface area (Å²) >= 11 is 0. The van der Waals surface area contributed by atoms with Crippen molar-refractivity contribution in [2.75, 3.05) is 26.3 Å². The molecule has 0 radical (unpaired) electrons. The number of hydrogen-bond donors (Lipinski definition) is 1. The second-order valence-corrected chi connectivity index (χ2v) is 5.18. The highest BCUT2D eigenvalue weighted by Crippen LogP contribution is 2.21. The summed E-state index contributed by atoms with van der Waals surface area (Å²) in [5, 5.41) is 3.45. The van der Waals surface area contributed by atoms with Crippen LogP contribution in [0.2, 0.25) is 0 Å². The molecule has 2 aliphatic rings. The van der Waals surface area contributed by atoms with Gasteiger partial charge in [-0.2, -0.15) is 13.2 Å². The van der Waals surface area contributed by atoms with Crippen LogP contribution in [0.5, 0.6) is 0 Å². The maximum absolute atomic E-state index is 11.9. The van der Waals surface area contributed by atoms with E-state index in [1.165, 1.54) is 0 Å². The van der Waals surface area contributed by atoms with Crippen LogP contribution >= 0.6 is 0 Å². The van der Waals surface area contributed by atoms with E-state index >= 15 is 0 Å². The van der Waals surface area contributed by atoms with Crippen molar-refractivity contribution in [2.45, 2.75) is 43.9 Å². The van der Waals surface area contributed by atoms with E-state index in [-0.39, 0.29) is 18.9 Å². The van der Waals surface area contributed by atoms with E-state index in [2.05, 4.69) is 10.1 Å². The van der Waals surface area contributed by atoms with E-state index in [4.69, 9.17) is 0 Å². The van der Waals surface area contributed by atoms with Gasteiger partial charge in [-0.15, -0.1) is 0 Å². The van der Waals surface area contributed by atoms with Crippen molar-refractivity contribution in [1.82, 2.24) is 10.2 Å². The van der Waals surface area contributed by atoms with Crippen LogP contribution in [0.15, 0.2) is 0 Å². The molecule has 0 spiro atoms. The first kappa shape index (κ1) is 14.6. The van der Waals surface area contributed by atoms with Gasteiger partial charge >= 0.3 is 6.18 Å². The van der Waals surface area contributed by atoms with Crippen molar-refractivity contribution < 1.29 is 22.7 Å². The molecule has 2 heterocycles. The Morgan fingerprint density at radius 1 is 1.26 bits per heavy atom. The quantitative estimate of drug-likeness (QED) is 0.789. The van der Waals surface area contributed by atoms with Crippen LogP contribution in [0.4, 0.5) is 13.2 Å². The molecule has 4 nitrogen and oxygen atoms in total. The third kappa shape index (κ3) is 4.65. The summed E-state index contributed by atoms with van der Waals surface area (Å²) in [5.74, 6) is -0.114. The molecule has 2 fully saturated rings. The van der Waals surface area contributed by atoms with Gasteiger partial charge in [0.15, 0.2) is 0 Å². The first-order valence-corrected chi connectivity index (χ1v) is 6.62. The number of alkyl halides is 3. The number of rotatable bonds is 4. The lowest BCUT2D eigenvalue weighted by Crippen LogP contribution is -2.39. The monoisotopic (exact) mass is 280 g/mol. The Bertz CT molecular complexity index is 323. The van der Waals surface area contributed by atoms with E-state index in [0.29, 0.717) is 25.2 Å². The topological polar surface area (TPSA) is 41.6 Å². The second-order valence-electron chi connectivity index (χ2n) is 5.18. The molecule has 1 N–H and O–H groups in total. The third-order valence-corrected chi connectivity index (χ3v) is 3.60. The molecule has 2 unspecified atom stereocenters. The number of ether oxygens (including phenoxy) is 1. The molecule has 1 amide bonds. The maximum Gasteiger partial charge on any atom is 0.411 e. The summed E-state index contributed by atoms with van der Waals surface area (Å²) in [5.41, 5.74) is 0. The fourth-order valence-corrected chi connectivity index (χ4v) is 2.68. The van der Waals surface area contributed by atoms with E-state index in [1.807, 2.05) is 0 Å². The van der Waals surface area contributed by atoms with Gasteiger partial charge in [0, 0.05) is 25.2 Å². The minimum Gasteiger partial charge on any atom is -0.372 e.